The molecule has 118 valence electrons. The van der Waals surface area contributed by atoms with E-state index in [4.69, 9.17) is 4.98 Å². The Hall–Kier alpha value is -1.79. The summed E-state index contributed by atoms with van der Waals surface area (Å²) in [5.41, 5.74) is 5.63. The zero-order chi connectivity index (χ0) is 16.2. The molecular formula is C20H22N2S. The van der Waals surface area contributed by atoms with Crippen LogP contribution in [0.5, 0.6) is 0 Å². The predicted molar refractivity (Wildman–Crippen MR) is 96.6 cm³/mol. The van der Waals surface area contributed by atoms with Crippen molar-refractivity contribution in [2.24, 2.45) is 5.92 Å². The molecule has 0 saturated carbocycles. The van der Waals surface area contributed by atoms with Crippen molar-refractivity contribution in [1.82, 2.24) is 4.98 Å². The average molecular weight is 322 g/mol. The van der Waals surface area contributed by atoms with Crippen LogP contribution >= 0.6 is 11.8 Å². The summed E-state index contributed by atoms with van der Waals surface area (Å²) in [7, 11) is 0. The van der Waals surface area contributed by atoms with Gasteiger partial charge in [0.05, 0.1) is 11.3 Å². The first-order chi connectivity index (χ1) is 11.2. The Morgan fingerprint density at radius 2 is 1.83 bits per heavy atom. The Bertz CT molecular complexity index is 730. The first-order valence-electron chi connectivity index (χ1n) is 8.34. The molecule has 0 unspecified atom stereocenters. The number of fused-ring (bicyclic) bond motifs is 1. The van der Waals surface area contributed by atoms with Crippen LogP contribution in [0.1, 0.15) is 43.4 Å². The van der Waals surface area contributed by atoms with Gasteiger partial charge in [-0.25, -0.2) is 4.98 Å². The highest BCUT2D eigenvalue weighted by molar-refractivity contribution is 7.99. The molecule has 0 atom stereocenters. The second-order valence-corrected chi connectivity index (χ2v) is 7.50. The van der Waals surface area contributed by atoms with Gasteiger partial charge < -0.3 is 0 Å². The lowest BCUT2D eigenvalue weighted by atomic mass is 9.86. The number of rotatable bonds is 4. The van der Waals surface area contributed by atoms with Crippen molar-refractivity contribution in [3.8, 4) is 17.3 Å². The van der Waals surface area contributed by atoms with Crippen LogP contribution in [0.3, 0.4) is 0 Å². The summed E-state index contributed by atoms with van der Waals surface area (Å²) < 4.78 is 0. The normalized spacial score (nSPS) is 13.7. The van der Waals surface area contributed by atoms with Crippen LogP contribution in [0.4, 0.5) is 0 Å². The number of nitriles is 1. The van der Waals surface area contributed by atoms with E-state index in [0.29, 0.717) is 5.92 Å². The fourth-order valence-corrected chi connectivity index (χ4v) is 4.06. The molecule has 1 aromatic heterocycles. The van der Waals surface area contributed by atoms with E-state index in [-0.39, 0.29) is 0 Å². The smallest absolute Gasteiger partial charge is 0.115 e. The third-order valence-corrected chi connectivity index (χ3v) is 5.60. The number of thioether (sulfide) groups is 1. The zero-order valence-electron chi connectivity index (χ0n) is 13.8. The topological polar surface area (TPSA) is 36.7 Å². The molecule has 0 amide bonds. The molecule has 2 nitrogen and oxygen atoms in total. The lowest BCUT2D eigenvalue weighted by molar-refractivity contribution is 0.677. The van der Waals surface area contributed by atoms with Crippen molar-refractivity contribution < 1.29 is 0 Å². The van der Waals surface area contributed by atoms with E-state index in [1.165, 1.54) is 29.5 Å². The van der Waals surface area contributed by atoms with Gasteiger partial charge in [0.1, 0.15) is 11.1 Å². The molecule has 0 radical (unpaired) electrons. The van der Waals surface area contributed by atoms with Crippen LogP contribution < -0.4 is 0 Å². The minimum atomic E-state index is 0.588. The van der Waals surface area contributed by atoms with Crippen molar-refractivity contribution in [3.63, 3.8) is 0 Å². The van der Waals surface area contributed by atoms with Crippen molar-refractivity contribution in [2.75, 3.05) is 5.75 Å². The van der Waals surface area contributed by atoms with Gasteiger partial charge in [0, 0.05) is 11.3 Å². The molecule has 1 aliphatic carbocycles. The minimum absolute atomic E-state index is 0.588. The van der Waals surface area contributed by atoms with Crippen LogP contribution in [0, 0.1) is 17.2 Å². The highest BCUT2D eigenvalue weighted by Crippen LogP contribution is 2.36. The Morgan fingerprint density at radius 3 is 2.48 bits per heavy atom. The van der Waals surface area contributed by atoms with Gasteiger partial charge in [0.25, 0.3) is 0 Å². The number of hydrogen-bond donors (Lipinski definition) is 0. The first-order valence-corrected chi connectivity index (χ1v) is 9.33. The summed E-state index contributed by atoms with van der Waals surface area (Å²) in [5, 5.41) is 10.6. The molecule has 0 saturated heterocycles. The Kier molecular flexibility index (Phi) is 5.03. The van der Waals surface area contributed by atoms with Gasteiger partial charge in [0.2, 0.25) is 0 Å². The van der Waals surface area contributed by atoms with E-state index < -0.39 is 0 Å². The maximum atomic E-state index is 9.70. The van der Waals surface area contributed by atoms with E-state index >= 15 is 0 Å². The number of nitrogens with zero attached hydrogens (tertiary/aromatic N) is 2. The van der Waals surface area contributed by atoms with Gasteiger partial charge in [-0.3, -0.25) is 0 Å². The first kappa shape index (κ1) is 16.1. The standard InChI is InChI=1S/C20H22N2S/c1-14(2)13-23-20-18(12-21)16-10-6-7-11-17(16)19(22-20)15-8-4-3-5-9-15/h3-5,8-9,14H,6-7,10-11,13H2,1-2H3. The number of aromatic nitrogens is 1. The lowest BCUT2D eigenvalue weighted by Gasteiger charge is -2.22. The fraction of sp³-hybridized carbons (Fsp3) is 0.400. The van der Waals surface area contributed by atoms with Gasteiger partial charge in [0.15, 0.2) is 0 Å². The fourth-order valence-electron chi connectivity index (χ4n) is 3.10. The molecule has 3 heteroatoms. The highest BCUT2D eigenvalue weighted by atomic mass is 32.2. The van der Waals surface area contributed by atoms with Gasteiger partial charge >= 0.3 is 0 Å². The van der Waals surface area contributed by atoms with Crippen molar-refractivity contribution in [3.05, 3.63) is 47.0 Å². The average Bonchev–Trinajstić information content (AvgIpc) is 2.59. The molecule has 3 rings (SSSR count). The quantitative estimate of drug-likeness (QED) is 0.722. The Labute approximate surface area is 143 Å². The second kappa shape index (κ2) is 7.19. The van der Waals surface area contributed by atoms with E-state index in [1.807, 2.05) is 6.07 Å². The lowest BCUT2D eigenvalue weighted by Crippen LogP contribution is -2.11. The minimum Gasteiger partial charge on any atom is -0.240 e. The summed E-state index contributed by atoms with van der Waals surface area (Å²) in [6.45, 7) is 4.41. The number of hydrogen-bond acceptors (Lipinski definition) is 3. The van der Waals surface area contributed by atoms with Gasteiger partial charge in [-0.1, -0.05) is 44.2 Å². The molecule has 0 bridgehead atoms. The second-order valence-electron chi connectivity index (χ2n) is 6.49. The highest BCUT2D eigenvalue weighted by Gasteiger charge is 2.23. The van der Waals surface area contributed by atoms with Gasteiger partial charge in [-0.15, -0.1) is 11.8 Å². The van der Waals surface area contributed by atoms with E-state index in [0.717, 1.165) is 34.9 Å². The Morgan fingerprint density at radius 1 is 1.13 bits per heavy atom. The zero-order valence-corrected chi connectivity index (χ0v) is 14.6. The molecule has 1 heterocycles. The molecule has 0 fully saturated rings. The largest absolute Gasteiger partial charge is 0.240 e. The Balaban J connectivity index is 2.15. The van der Waals surface area contributed by atoms with Crippen LogP contribution in [-0.2, 0) is 12.8 Å². The molecule has 0 spiro atoms. The summed E-state index contributed by atoms with van der Waals surface area (Å²) in [5.74, 6) is 1.58. The summed E-state index contributed by atoms with van der Waals surface area (Å²) in [4.78, 5) is 4.94. The van der Waals surface area contributed by atoms with E-state index in [1.54, 1.807) is 11.8 Å². The molecule has 0 N–H and O–H groups in total. The van der Waals surface area contributed by atoms with Gasteiger partial charge in [-0.05, 0) is 42.7 Å². The maximum Gasteiger partial charge on any atom is 0.115 e. The van der Waals surface area contributed by atoms with E-state index in [9.17, 15) is 5.26 Å². The monoisotopic (exact) mass is 322 g/mol. The molecule has 1 aliphatic rings. The summed E-state index contributed by atoms with van der Waals surface area (Å²) in [6.07, 6.45) is 4.41. The molecule has 0 aliphatic heterocycles. The summed E-state index contributed by atoms with van der Waals surface area (Å²) in [6, 6.07) is 12.9. The third-order valence-electron chi connectivity index (χ3n) is 4.20. The molecule has 23 heavy (non-hydrogen) atoms. The van der Waals surface area contributed by atoms with Crippen LogP contribution in [0.2, 0.25) is 0 Å². The number of pyridine rings is 1. The SMILES string of the molecule is CC(C)CSc1nc(-c2ccccc2)c2c(c1C#N)CCCC2. The number of benzene rings is 1. The van der Waals surface area contributed by atoms with Crippen molar-refractivity contribution >= 4 is 11.8 Å². The molecule has 2 aromatic rings. The van der Waals surface area contributed by atoms with Crippen LogP contribution in [0.25, 0.3) is 11.3 Å². The summed E-state index contributed by atoms with van der Waals surface area (Å²) >= 11 is 1.73. The third kappa shape index (κ3) is 3.43. The van der Waals surface area contributed by atoms with Crippen LogP contribution in [0.15, 0.2) is 35.4 Å². The van der Waals surface area contributed by atoms with Crippen molar-refractivity contribution in [1.29, 1.82) is 5.26 Å². The maximum absolute atomic E-state index is 9.70. The van der Waals surface area contributed by atoms with Gasteiger partial charge in [-0.2, -0.15) is 5.26 Å². The van der Waals surface area contributed by atoms with Crippen molar-refractivity contribution in [2.45, 2.75) is 44.6 Å². The molecular weight excluding hydrogens is 300 g/mol. The molecule has 1 aromatic carbocycles. The van der Waals surface area contributed by atoms with E-state index in [2.05, 4.69) is 44.2 Å². The predicted octanol–water partition coefficient (Wildman–Crippen LogP) is 5.25. The van der Waals surface area contributed by atoms with Crippen LogP contribution in [-0.4, -0.2) is 10.7 Å².